The summed E-state index contributed by atoms with van der Waals surface area (Å²) in [6.07, 6.45) is 3.31. The Balaban J connectivity index is 3.67. The van der Waals surface area contributed by atoms with E-state index in [0.29, 0.717) is 0 Å². The molecule has 21 heavy (non-hydrogen) atoms. The molecule has 0 aliphatic heterocycles. The second-order valence-corrected chi connectivity index (χ2v) is 4.70. The zero-order valence-corrected chi connectivity index (χ0v) is 12.2. The van der Waals surface area contributed by atoms with Gasteiger partial charge >= 0.3 is 5.69 Å². The molecule has 10 heteroatoms. The molecule has 0 heterocycles. The van der Waals surface area contributed by atoms with E-state index in [9.17, 15) is 20.2 Å². The summed E-state index contributed by atoms with van der Waals surface area (Å²) in [7, 11) is 0. The maximum absolute atomic E-state index is 11.2. The van der Waals surface area contributed by atoms with E-state index in [1.807, 2.05) is 0 Å². The van der Waals surface area contributed by atoms with Crippen molar-refractivity contribution in [3.8, 4) is 6.19 Å². The highest BCUT2D eigenvalue weighted by molar-refractivity contribution is 8.13. The first kappa shape index (κ1) is 16.4. The normalized spacial score (nSPS) is 10.9. The molecule has 9 nitrogen and oxygen atoms in total. The molecule has 0 amide bonds. The Hall–Kier alpha value is -2.67. The molecule has 0 aromatic heterocycles. The van der Waals surface area contributed by atoms with E-state index >= 15 is 0 Å². The molecule has 0 spiro atoms. The second-order valence-electron chi connectivity index (χ2n) is 3.91. The van der Waals surface area contributed by atoms with Crippen molar-refractivity contribution in [2.75, 3.05) is 6.26 Å². The SMILES string of the molecule is CSC(=Nc1c(C)cc([N+](=O)[O-])c(C)c1[N+](=O)[O-])NC#N. The lowest BCUT2D eigenvalue weighted by atomic mass is 10.1. The molecule has 110 valence electrons. The molecule has 0 atom stereocenters. The number of hydrogen-bond acceptors (Lipinski definition) is 7. The number of amidine groups is 1. The summed E-state index contributed by atoms with van der Waals surface area (Å²) >= 11 is 1.09. The van der Waals surface area contributed by atoms with Crippen molar-refractivity contribution in [3.63, 3.8) is 0 Å². The van der Waals surface area contributed by atoms with Crippen LogP contribution in [-0.4, -0.2) is 21.3 Å². The molecule has 0 saturated heterocycles. The molecule has 1 aromatic rings. The first-order valence-corrected chi connectivity index (χ1v) is 6.76. The fourth-order valence-corrected chi connectivity index (χ4v) is 2.03. The molecule has 0 aliphatic rings. The Kier molecular flexibility index (Phi) is 5.20. The molecule has 0 fully saturated rings. The number of aryl methyl sites for hydroxylation is 1. The summed E-state index contributed by atoms with van der Waals surface area (Å²) in [5, 5.41) is 33.2. The number of aliphatic imine (C=N–C) groups is 1. The number of hydrogen-bond donors (Lipinski definition) is 1. The summed E-state index contributed by atoms with van der Waals surface area (Å²) in [5.41, 5.74) is -0.572. The van der Waals surface area contributed by atoms with Gasteiger partial charge in [-0.15, -0.1) is 0 Å². The van der Waals surface area contributed by atoms with E-state index in [4.69, 9.17) is 5.26 Å². The minimum absolute atomic E-state index is 0.00444. The van der Waals surface area contributed by atoms with Gasteiger partial charge in [0.25, 0.3) is 5.69 Å². The summed E-state index contributed by atoms with van der Waals surface area (Å²) in [4.78, 5) is 24.8. The first-order chi connectivity index (χ1) is 9.83. The van der Waals surface area contributed by atoms with Gasteiger partial charge in [-0.25, -0.2) is 4.99 Å². The lowest BCUT2D eigenvalue weighted by Crippen LogP contribution is -2.13. The Morgan fingerprint density at radius 2 is 2.00 bits per heavy atom. The maximum Gasteiger partial charge on any atom is 0.304 e. The van der Waals surface area contributed by atoms with E-state index in [0.717, 1.165) is 11.8 Å². The van der Waals surface area contributed by atoms with E-state index in [1.54, 1.807) is 12.4 Å². The van der Waals surface area contributed by atoms with Crippen LogP contribution in [0.3, 0.4) is 0 Å². The number of rotatable bonds is 3. The second kappa shape index (κ2) is 6.67. The summed E-state index contributed by atoms with van der Waals surface area (Å²) < 4.78 is 0. The number of nitro groups is 2. The van der Waals surface area contributed by atoms with Crippen LogP contribution in [-0.2, 0) is 0 Å². The third-order valence-corrected chi connectivity index (χ3v) is 3.22. The standard InChI is InChI=1S/C11H11N5O4S/c1-6-4-8(15(17)18)7(2)10(16(19)20)9(6)14-11(21-3)13-5-12/h4H,1-3H3,(H,13,14). The molecular weight excluding hydrogens is 298 g/mol. The zero-order valence-electron chi connectivity index (χ0n) is 11.4. The van der Waals surface area contributed by atoms with Crippen LogP contribution in [0.1, 0.15) is 11.1 Å². The number of thioether (sulfide) groups is 1. The van der Waals surface area contributed by atoms with Crippen LogP contribution in [0.5, 0.6) is 0 Å². The van der Waals surface area contributed by atoms with Crippen molar-refractivity contribution in [3.05, 3.63) is 37.4 Å². The molecule has 1 N–H and O–H groups in total. The predicted octanol–water partition coefficient (Wildman–Crippen LogP) is 2.54. The molecule has 0 unspecified atom stereocenters. The summed E-state index contributed by atoms with van der Waals surface area (Å²) in [6, 6.07) is 1.23. The minimum atomic E-state index is -0.710. The maximum atomic E-state index is 11.2. The van der Waals surface area contributed by atoms with E-state index in [1.165, 1.54) is 19.9 Å². The summed E-state index contributed by atoms with van der Waals surface area (Å²) in [6.45, 7) is 2.79. The number of nitro benzene ring substituents is 2. The molecule has 1 aromatic carbocycles. The van der Waals surface area contributed by atoms with Crippen LogP contribution in [0.15, 0.2) is 11.1 Å². The third kappa shape index (κ3) is 3.46. The van der Waals surface area contributed by atoms with Gasteiger partial charge in [-0.1, -0.05) is 11.8 Å². The van der Waals surface area contributed by atoms with E-state index in [-0.39, 0.29) is 27.7 Å². The highest BCUT2D eigenvalue weighted by Gasteiger charge is 2.28. The van der Waals surface area contributed by atoms with Crippen molar-refractivity contribution in [2.24, 2.45) is 4.99 Å². The van der Waals surface area contributed by atoms with Crippen LogP contribution >= 0.6 is 11.8 Å². The number of benzene rings is 1. The van der Waals surface area contributed by atoms with Crippen LogP contribution < -0.4 is 5.32 Å². The van der Waals surface area contributed by atoms with Gasteiger partial charge in [-0.2, -0.15) is 5.26 Å². The molecule has 0 bridgehead atoms. The number of nitrogens with one attached hydrogen (secondary N) is 1. The molecule has 0 aliphatic carbocycles. The highest BCUT2D eigenvalue weighted by atomic mass is 32.2. The minimum Gasteiger partial charge on any atom is -0.271 e. The Bertz CT molecular complexity index is 680. The highest BCUT2D eigenvalue weighted by Crippen LogP contribution is 2.39. The largest absolute Gasteiger partial charge is 0.304 e. The quantitative estimate of drug-likeness (QED) is 0.226. The topological polar surface area (TPSA) is 134 Å². The zero-order chi connectivity index (χ0) is 16.2. The average molecular weight is 309 g/mol. The van der Waals surface area contributed by atoms with Gasteiger partial charge in [0.15, 0.2) is 11.4 Å². The summed E-state index contributed by atoms with van der Waals surface area (Å²) in [5.74, 6) is 0. The third-order valence-electron chi connectivity index (χ3n) is 2.64. The van der Waals surface area contributed by atoms with Crippen molar-refractivity contribution in [1.82, 2.24) is 5.32 Å². The van der Waals surface area contributed by atoms with Gasteiger partial charge in [0.2, 0.25) is 0 Å². The smallest absolute Gasteiger partial charge is 0.271 e. The molecular formula is C11H11N5O4S. The van der Waals surface area contributed by atoms with Crippen molar-refractivity contribution in [1.29, 1.82) is 5.26 Å². The van der Waals surface area contributed by atoms with Crippen LogP contribution in [0.25, 0.3) is 0 Å². The Morgan fingerprint density at radius 1 is 1.38 bits per heavy atom. The van der Waals surface area contributed by atoms with Crippen LogP contribution in [0.2, 0.25) is 0 Å². The van der Waals surface area contributed by atoms with Gasteiger partial charge < -0.3 is 0 Å². The Morgan fingerprint density at radius 3 is 2.43 bits per heavy atom. The molecule has 0 saturated carbocycles. The van der Waals surface area contributed by atoms with E-state index in [2.05, 4.69) is 10.3 Å². The van der Waals surface area contributed by atoms with Gasteiger partial charge in [-0.05, 0) is 25.7 Å². The lowest BCUT2D eigenvalue weighted by molar-refractivity contribution is -0.394. The van der Waals surface area contributed by atoms with Gasteiger partial charge in [0, 0.05) is 6.07 Å². The number of nitriles is 1. The monoisotopic (exact) mass is 309 g/mol. The van der Waals surface area contributed by atoms with Crippen LogP contribution in [0.4, 0.5) is 17.1 Å². The average Bonchev–Trinajstić information content (AvgIpc) is 2.40. The molecule has 1 rings (SSSR count). The first-order valence-electron chi connectivity index (χ1n) is 5.54. The predicted molar refractivity (Wildman–Crippen MR) is 78.6 cm³/mol. The fourth-order valence-electron chi connectivity index (χ4n) is 1.70. The van der Waals surface area contributed by atoms with Crippen molar-refractivity contribution >= 4 is 34.0 Å². The Labute approximate surface area is 124 Å². The van der Waals surface area contributed by atoms with Crippen LogP contribution in [0, 0.1) is 45.5 Å². The van der Waals surface area contributed by atoms with Gasteiger partial charge in [0.05, 0.1) is 9.85 Å². The van der Waals surface area contributed by atoms with Gasteiger partial charge in [0.1, 0.15) is 11.3 Å². The van der Waals surface area contributed by atoms with Crippen molar-refractivity contribution in [2.45, 2.75) is 13.8 Å². The van der Waals surface area contributed by atoms with E-state index < -0.39 is 15.5 Å². The fraction of sp³-hybridized carbons (Fsp3) is 0.273. The van der Waals surface area contributed by atoms with Crippen molar-refractivity contribution < 1.29 is 9.85 Å². The van der Waals surface area contributed by atoms with Gasteiger partial charge in [-0.3, -0.25) is 25.5 Å². The molecule has 0 radical (unpaired) electrons. The number of nitrogens with zero attached hydrogens (tertiary/aromatic N) is 4. The lowest BCUT2D eigenvalue weighted by Gasteiger charge is -2.07.